The second-order valence-electron chi connectivity index (χ2n) is 9.08. The molecule has 5 rings (SSSR count). The minimum atomic E-state index is -4.35. The number of anilines is 2. The molecule has 1 fully saturated rings. The lowest BCUT2D eigenvalue weighted by atomic mass is 10.1. The van der Waals surface area contributed by atoms with Crippen molar-refractivity contribution >= 4 is 38.8 Å². The minimum absolute atomic E-state index is 0.0827. The first-order valence-electron chi connectivity index (χ1n) is 11.8. The Balaban J connectivity index is 1.14. The highest BCUT2D eigenvalue weighted by molar-refractivity contribution is 7.21. The molecule has 186 valence electrons. The van der Waals surface area contributed by atoms with Gasteiger partial charge < -0.3 is 15.1 Å². The van der Waals surface area contributed by atoms with Crippen molar-refractivity contribution in [2.24, 2.45) is 0 Å². The summed E-state index contributed by atoms with van der Waals surface area (Å²) in [5.74, 6) is -0.0827. The zero-order chi connectivity index (χ0) is 25.3. The third kappa shape index (κ3) is 5.52. The van der Waals surface area contributed by atoms with Crippen LogP contribution >= 0.6 is 11.3 Å². The molecule has 1 aliphatic rings. The Bertz CT molecular complexity index is 1380. The van der Waals surface area contributed by atoms with E-state index >= 15 is 0 Å². The molecule has 0 unspecified atom stereocenters. The van der Waals surface area contributed by atoms with Gasteiger partial charge in [-0.2, -0.15) is 13.2 Å². The van der Waals surface area contributed by atoms with Gasteiger partial charge in [-0.1, -0.05) is 12.1 Å². The van der Waals surface area contributed by atoms with E-state index in [2.05, 4.69) is 24.4 Å². The maximum absolute atomic E-state index is 13.0. The zero-order valence-electron chi connectivity index (χ0n) is 19.7. The van der Waals surface area contributed by atoms with E-state index in [1.165, 1.54) is 17.7 Å². The Hall–Kier alpha value is -3.43. The summed E-state index contributed by atoms with van der Waals surface area (Å²) in [5.41, 5.74) is 3.84. The van der Waals surface area contributed by atoms with Gasteiger partial charge in [0.15, 0.2) is 6.54 Å². The molecular weight excluding hydrogens is 485 g/mol. The van der Waals surface area contributed by atoms with Crippen LogP contribution in [0.1, 0.15) is 11.1 Å². The Morgan fingerprint density at radius 2 is 1.81 bits per heavy atom. The highest BCUT2D eigenvalue weighted by atomic mass is 32.1. The van der Waals surface area contributed by atoms with Crippen LogP contribution in [0.4, 0.5) is 24.5 Å². The molecule has 1 aliphatic heterocycles. The minimum Gasteiger partial charge on any atom is -0.360 e. The predicted octanol–water partition coefficient (Wildman–Crippen LogP) is 4.63. The summed E-state index contributed by atoms with van der Waals surface area (Å²) >= 11 is 1.65. The molecule has 3 aromatic carbocycles. The molecule has 9 heteroatoms. The number of thiazole rings is 1. The molecule has 0 atom stereocenters. The zero-order valence-corrected chi connectivity index (χ0v) is 20.5. The molecule has 1 amide bonds. The molecule has 0 bridgehead atoms. The Morgan fingerprint density at radius 1 is 1.06 bits per heavy atom. The molecule has 0 spiro atoms. The smallest absolute Gasteiger partial charge is 0.360 e. The van der Waals surface area contributed by atoms with E-state index in [0.29, 0.717) is 38.4 Å². The number of carbonyl (C=O) groups is 1. The fourth-order valence-electron chi connectivity index (χ4n) is 4.42. The number of aryl methyl sites for hydroxylation is 1. The number of alkyl halides is 3. The summed E-state index contributed by atoms with van der Waals surface area (Å²) in [7, 11) is 0. The Morgan fingerprint density at radius 3 is 2.53 bits per heavy atom. The summed E-state index contributed by atoms with van der Waals surface area (Å²) in [6.45, 7) is 4.93. The van der Waals surface area contributed by atoms with E-state index in [9.17, 15) is 18.0 Å². The van der Waals surface area contributed by atoms with Crippen LogP contribution in [0.5, 0.6) is 0 Å². The molecule has 36 heavy (non-hydrogen) atoms. The maximum atomic E-state index is 13.0. The molecular formula is C27H26F3N4OS+. The van der Waals surface area contributed by atoms with Gasteiger partial charge in [0.25, 0.3) is 5.91 Å². The molecule has 1 saturated heterocycles. The summed E-state index contributed by atoms with van der Waals surface area (Å²) in [4.78, 5) is 20.4. The molecule has 0 radical (unpaired) electrons. The lowest BCUT2D eigenvalue weighted by Crippen LogP contribution is -3.15. The van der Waals surface area contributed by atoms with E-state index in [4.69, 9.17) is 4.98 Å². The van der Waals surface area contributed by atoms with Crippen LogP contribution in [0.2, 0.25) is 0 Å². The summed E-state index contributed by atoms with van der Waals surface area (Å²) in [6, 6.07) is 19.3. The van der Waals surface area contributed by atoms with Crippen molar-refractivity contribution in [3.63, 3.8) is 0 Å². The summed E-state index contributed by atoms with van der Waals surface area (Å²) < 4.78 is 40.2. The third-order valence-electron chi connectivity index (χ3n) is 6.38. The van der Waals surface area contributed by atoms with Crippen molar-refractivity contribution < 1.29 is 22.9 Å². The summed E-state index contributed by atoms with van der Waals surface area (Å²) in [6.07, 6.45) is -4.35. The SMILES string of the molecule is Cc1ccc2nc(-c3ccc(NC(=O)C[NH+]4CCN(c5cccc(C(F)(F)F)c5)CC4)cc3)sc2c1. The first-order valence-corrected chi connectivity index (χ1v) is 12.6. The van der Waals surface area contributed by atoms with Crippen LogP contribution in [0, 0.1) is 6.92 Å². The van der Waals surface area contributed by atoms with Gasteiger partial charge in [0.1, 0.15) is 5.01 Å². The van der Waals surface area contributed by atoms with Crippen molar-refractivity contribution in [1.82, 2.24) is 4.98 Å². The highest BCUT2D eigenvalue weighted by Crippen LogP contribution is 2.32. The van der Waals surface area contributed by atoms with Crippen LogP contribution in [-0.4, -0.2) is 43.6 Å². The van der Waals surface area contributed by atoms with Gasteiger partial charge in [-0.3, -0.25) is 4.79 Å². The van der Waals surface area contributed by atoms with Gasteiger partial charge in [-0.25, -0.2) is 4.98 Å². The number of fused-ring (bicyclic) bond motifs is 1. The Labute approximate surface area is 211 Å². The van der Waals surface area contributed by atoms with Crippen molar-refractivity contribution in [1.29, 1.82) is 0 Å². The number of hydrogen-bond acceptors (Lipinski definition) is 4. The van der Waals surface area contributed by atoms with Crippen LogP contribution in [0.15, 0.2) is 66.7 Å². The number of halogens is 3. The number of aromatic nitrogens is 1. The molecule has 0 saturated carbocycles. The second kappa shape index (κ2) is 9.91. The lowest BCUT2D eigenvalue weighted by molar-refractivity contribution is -0.892. The van der Waals surface area contributed by atoms with Crippen LogP contribution in [-0.2, 0) is 11.0 Å². The average molecular weight is 512 g/mol. The monoisotopic (exact) mass is 511 g/mol. The topological polar surface area (TPSA) is 49.7 Å². The van der Waals surface area contributed by atoms with Crippen molar-refractivity contribution in [3.05, 3.63) is 77.9 Å². The number of carbonyl (C=O) groups excluding carboxylic acids is 1. The lowest BCUT2D eigenvalue weighted by Gasteiger charge is -2.33. The standard InChI is InChI=1S/C27H25F3N4OS/c1-18-5-10-23-24(15-18)36-26(32-23)19-6-8-21(9-7-19)31-25(35)17-33-11-13-34(14-12-33)22-4-2-3-20(16-22)27(28,29)30/h2-10,15-16H,11-14,17H2,1H3,(H,31,35)/p+1. The predicted molar refractivity (Wildman–Crippen MR) is 138 cm³/mol. The Kier molecular flexibility index (Phi) is 6.68. The highest BCUT2D eigenvalue weighted by Gasteiger charge is 2.31. The van der Waals surface area contributed by atoms with Crippen molar-refractivity contribution in [3.8, 4) is 10.6 Å². The van der Waals surface area contributed by atoms with Gasteiger partial charge in [0, 0.05) is 16.9 Å². The molecule has 5 nitrogen and oxygen atoms in total. The number of quaternary nitrogens is 1. The van der Waals surface area contributed by atoms with Gasteiger partial charge >= 0.3 is 6.18 Å². The van der Waals surface area contributed by atoms with E-state index in [-0.39, 0.29) is 5.91 Å². The fourth-order valence-corrected chi connectivity index (χ4v) is 5.49. The largest absolute Gasteiger partial charge is 0.416 e. The number of hydrogen-bond donors (Lipinski definition) is 2. The first kappa shape index (κ1) is 24.3. The summed E-state index contributed by atoms with van der Waals surface area (Å²) in [5, 5.41) is 3.89. The normalized spacial score (nSPS) is 14.8. The average Bonchev–Trinajstić information content (AvgIpc) is 3.28. The fraction of sp³-hybridized carbons (Fsp3) is 0.259. The van der Waals surface area contributed by atoms with Crippen molar-refractivity contribution in [2.45, 2.75) is 13.1 Å². The van der Waals surface area contributed by atoms with Crippen LogP contribution < -0.4 is 15.1 Å². The van der Waals surface area contributed by atoms with Crippen LogP contribution in [0.25, 0.3) is 20.8 Å². The van der Waals surface area contributed by atoms with Gasteiger partial charge in [-0.05, 0) is 67.1 Å². The maximum Gasteiger partial charge on any atom is 0.416 e. The first-order chi connectivity index (χ1) is 17.2. The molecule has 2 N–H and O–H groups in total. The molecule has 2 heterocycles. The van der Waals surface area contributed by atoms with Crippen LogP contribution in [0.3, 0.4) is 0 Å². The van der Waals surface area contributed by atoms with Gasteiger partial charge in [0.2, 0.25) is 0 Å². The number of amides is 1. The number of rotatable bonds is 5. The number of nitrogens with one attached hydrogen (secondary N) is 2. The number of benzene rings is 3. The van der Waals surface area contributed by atoms with E-state index < -0.39 is 11.7 Å². The number of piperazine rings is 1. The van der Waals surface area contributed by atoms with E-state index in [0.717, 1.165) is 37.4 Å². The van der Waals surface area contributed by atoms with E-state index in [1.807, 2.05) is 35.2 Å². The molecule has 1 aromatic heterocycles. The second-order valence-corrected chi connectivity index (χ2v) is 10.1. The van der Waals surface area contributed by atoms with Crippen molar-refractivity contribution in [2.75, 3.05) is 42.9 Å². The van der Waals surface area contributed by atoms with Gasteiger partial charge in [0.05, 0.1) is 42.0 Å². The quantitative estimate of drug-likeness (QED) is 0.411. The van der Waals surface area contributed by atoms with Gasteiger partial charge in [-0.15, -0.1) is 11.3 Å². The molecule has 4 aromatic rings. The number of nitrogens with zero attached hydrogens (tertiary/aromatic N) is 2. The molecule has 0 aliphatic carbocycles. The van der Waals surface area contributed by atoms with E-state index in [1.54, 1.807) is 17.4 Å². The third-order valence-corrected chi connectivity index (χ3v) is 7.45.